The molecule has 1 fully saturated rings. The Morgan fingerprint density at radius 3 is 2.48 bits per heavy atom. The van der Waals surface area contributed by atoms with Gasteiger partial charge in [-0.3, -0.25) is 4.79 Å². The Kier molecular flexibility index (Phi) is 6.53. The van der Waals surface area contributed by atoms with Gasteiger partial charge in [0, 0.05) is 43.9 Å². The minimum Gasteiger partial charge on any atom is -0.337 e. The number of rotatable bonds is 3. The number of carbonyl (C=O) groups is 2. The maximum atomic E-state index is 12.6. The second-order valence-electron chi connectivity index (χ2n) is 6.25. The highest BCUT2D eigenvalue weighted by atomic mass is 35.5. The molecule has 1 N–H and O–H groups in total. The van der Waals surface area contributed by atoms with E-state index in [-0.39, 0.29) is 11.9 Å². The molecule has 8 heteroatoms. The van der Waals surface area contributed by atoms with Crippen LogP contribution in [0.2, 0.25) is 10.2 Å². The van der Waals surface area contributed by atoms with Crippen molar-refractivity contribution < 1.29 is 9.59 Å². The van der Waals surface area contributed by atoms with Crippen LogP contribution in [0.5, 0.6) is 0 Å². The number of nitrogens with one attached hydrogen (secondary N) is 1. The minimum absolute atomic E-state index is 0.0995. The summed E-state index contributed by atoms with van der Waals surface area (Å²) in [4.78, 5) is 32.5. The van der Waals surface area contributed by atoms with Crippen molar-refractivity contribution in [1.82, 2.24) is 20.1 Å². The van der Waals surface area contributed by atoms with Crippen LogP contribution >= 0.6 is 23.2 Å². The number of pyridine rings is 1. The van der Waals surface area contributed by atoms with Gasteiger partial charge in [-0.2, -0.15) is 0 Å². The molecular weight excluding hydrogens is 387 g/mol. The van der Waals surface area contributed by atoms with Crippen LogP contribution in [-0.4, -0.2) is 52.9 Å². The Bertz CT molecular complexity index is 814. The summed E-state index contributed by atoms with van der Waals surface area (Å²) in [6, 6.07) is 10.5. The van der Waals surface area contributed by atoms with E-state index in [1.165, 1.54) is 6.20 Å². The molecule has 6 nitrogen and oxygen atoms in total. The topological polar surface area (TPSA) is 65.5 Å². The zero-order valence-corrected chi connectivity index (χ0v) is 16.2. The molecule has 0 spiro atoms. The van der Waals surface area contributed by atoms with Crippen LogP contribution in [0.1, 0.15) is 22.3 Å². The van der Waals surface area contributed by atoms with E-state index in [0.717, 1.165) is 5.56 Å². The van der Waals surface area contributed by atoms with Gasteiger partial charge >= 0.3 is 6.03 Å². The molecule has 1 aromatic carbocycles. The molecule has 3 rings (SSSR count). The number of halogens is 2. The molecule has 1 aliphatic rings. The quantitative estimate of drug-likeness (QED) is 0.793. The summed E-state index contributed by atoms with van der Waals surface area (Å²) < 4.78 is 0. The maximum absolute atomic E-state index is 12.6. The lowest BCUT2D eigenvalue weighted by Crippen LogP contribution is -2.42. The smallest absolute Gasteiger partial charge is 0.317 e. The monoisotopic (exact) mass is 406 g/mol. The maximum Gasteiger partial charge on any atom is 0.317 e. The van der Waals surface area contributed by atoms with Crippen LogP contribution in [0.15, 0.2) is 42.6 Å². The number of urea groups is 1. The lowest BCUT2D eigenvalue weighted by Gasteiger charge is -2.22. The van der Waals surface area contributed by atoms with Crippen LogP contribution in [0.25, 0.3) is 0 Å². The standard InChI is InChI=1S/C19H20Cl2N4O2/c20-16-5-2-1-4-14(16)12-23-19(27)25-9-3-8-24(10-11-25)18(26)15-6-7-17(21)22-13-15/h1-2,4-7,13H,3,8-12H2,(H,23,27). The first kappa shape index (κ1) is 19.5. The summed E-state index contributed by atoms with van der Waals surface area (Å²) >= 11 is 11.9. The molecule has 1 saturated heterocycles. The van der Waals surface area contributed by atoms with Gasteiger partial charge in [0.05, 0.1) is 5.56 Å². The highest BCUT2D eigenvalue weighted by molar-refractivity contribution is 6.31. The van der Waals surface area contributed by atoms with E-state index < -0.39 is 0 Å². The van der Waals surface area contributed by atoms with Gasteiger partial charge in [0.25, 0.3) is 5.91 Å². The number of carbonyl (C=O) groups excluding carboxylic acids is 2. The van der Waals surface area contributed by atoms with Gasteiger partial charge in [0.15, 0.2) is 0 Å². The fraction of sp³-hybridized carbons (Fsp3) is 0.316. The van der Waals surface area contributed by atoms with Crippen molar-refractivity contribution in [3.63, 3.8) is 0 Å². The summed E-state index contributed by atoms with van der Waals surface area (Å²) in [6.07, 6.45) is 2.19. The second-order valence-corrected chi connectivity index (χ2v) is 7.05. The summed E-state index contributed by atoms with van der Waals surface area (Å²) in [5.41, 5.74) is 1.37. The summed E-state index contributed by atoms with van der Waals surface area (Å²) in [5.74, 6) is -0.0995. The average molecular weight is 407 g/mol. The van der Waals surface area contributed by atoms with Gasteiger partial charge < -0.3 is 15.1 Å². The third kappa shape index (κ3) is 5.11. The molecule has 3 amide bonds. The number of nitrogens with zero attached hydrogens (tertiary/aromatic N) is 3. The molecule has 2 heterocycles. The van der Waals surface area contributed by atoms with Gasteiger partial charge in [-0.1, -0.05) is 41.4 Å². The summed E-state index contributed by atoms with van der Waals surface area (Å²) in [5, 5.41) is 3.87. The average Bonchev–Trinajstić information content (AvgIpc) is 2.93. The van der Waals surface area contributed by atoms with Gasteiger partial charge in [0.1, 0.15) is 5.15 Å². The molecule has 0 aliphatic carbocycles. The van der Waals surface area contributed by atoms with Crippen LogP contribution in [-0.2, 0) is 6.54 Å². The van der Waals surface area contributed by atoms with Crippen LogP contribution in [0, 0.1) is 0 Å². The molecule has 0 unspecified atom stereocenters. The van der Waals surface area contributed by atoms with Gasteiger partial charge in [-0.15, -0.1) is 0 Å². The minimum atomic E-state index is -0.155. The number of hydrogen-bond donors (Lipinski definition) is 1. The predicted octanol–water partition coefficient (Wildman–Crippen LogP) is 3.45. The summed E-state index contributed by atoms with van der Waals surface area (Å²) in [7, 11) is 0. The molecule has 1 aromatic heterocycles. The molecule has 142 valence electrons. The van der Waals surface area contributed by atoms with E-state index in [0.29, 0.717) is 54.9 Å². The normalized spacial score (nSPS) is 14.6. The first-order chi connectivity index (χ1) is 13.0. The van der Waals surface area contributed by atoms with E-state index in [9.17, 15) is 9.59 Å². The van der Waals surface area contributed by atoms with Gasteiger partial charge in [-0.05, 0) is 30.2 Å². The number of benzene rings is 1. The van der Waals surface area contributed by atoms with Gasteiger partial charge in [0.2, 0.25) is 0 Å². The largest absolute Gasteiger partial charge is 0.337 e. The van der Waals surface area contributed by atoms with E-state index in [1.807, 2.05) is 18.2 Å². The lowest BCUT2D eigenvalue weighted by atomic mass is 10.2. The Morgan fingerprint density at radius 1 is 1.00 bits per heavy atom. The zero-order chi connectivity index (χ0) is 19.2. The Labute approximate surface area is 168 Å². The molecule has 27 heavy (non-hydrogen) atoms. The molecule has 1 aliphatic heterocycles. The Balaban J connectivity index is 1.54. The highest BCUT2D eigenvalue weighted by Gasteiger charge is 2.23. The van der Waals surface area contributed by atoms with Crippen LogP contribution in [0.4, 0.5) is 4.79 Å². The molecule has 0 atom stereocenters. The van der Waals surface area contributed by atoms with Crippen molar-refractivity contribution in [2.45, 2.75) is 13.0 Å². The zero-order valence-electron chi connectivity index (χ0n) is 14.7. The molecule has 0 saturated carbocycles. The van der Waals surface area contributed by atoms with Crippen molar-refractivity contribution in [2.75, 3.05) is 26.2 Å². The van der Waals surface area contributed by atoms with Gasteiger partial charge in [-0.25, -0.2) is 9.78 Å². The third-order valence-electron chi connectivity index (χ3n) is 4.43. The highest BCUT2D eigenvalue weighted by Crippen LogP contribution is 2.15. The lowest BCUT2D eigenvalue weighted by molar-refractivity contribution is 0.0762. The summed E-state index contributed by atoms with van der Waals surface area (Å²) in [6.45, 7) is 2.50. The van der Waals surface area contributed by atoms with E-state index in [4.69, 9.17) is 23.2 Å². The van der Waals surface area contributed by atoms with Crippen molar-refractivity contribution in [1.29, 1.82) is 0 Å². The third-order valence-corrected chi connectivity index (χ3v) is 5.02. The first-order valence-electron chi connectivity index (χ1n) is 8.71. The number of hydrogen-bond acceptors (Lipinski definition) is 3. The van der Waals surface area contributed by atoms with Crippen molar-refractivity contribution >= 4 is 35.1 Å². The molecule has 0 bridgehead atoms. The van der Waals surface area contributed by atoms with Crippen molar-refractivity contribution in [3.8, 4) is 0 Å². The number of aromatic nitrogens is 1. The molecule has 2 aromatic rings. The Hall–Kier alpha value is -2.31. The fourth-order valence-electron chi connectivity index (χ4n) is 2.93. The first-order valence-corrected chi connectivity index (χ1v) is 9.47. The molecular formula is C19H20Cl2N4O2. The van der Waals surface area contributed by atoms with Crippen molar-refractivity contribution in [3.05, 3.63) is 63.9 Å². The molecule has 0 radical (unpaired) electrons. The van der Waals surface area contributed by atoms with E-state index >= 15 is 0 Å². The Morgan fingerprint density at radius 2 is 1.74 bits per heavy atom. The fourth-order valence-corrected chi connectivity index (χ4v) is 3.25. The van der Waals surface area contributed by atoms with E-state index in [1.54, 1.807) is 28.0 Å². The second kappa shape index (κ2) is 9.06. The van der Waals surface area contributed by atoms with Crippen molar-refractivity contribution in [2.24, 2.45) is 0 Å². The SMILES string of the molecule is O=C(NCc1ccccc1Cl)N1CCCN(C(=O)c2ccc(Cl)nc2)CC1. The number of amides is 3. The van der Waals surface area contributed by atoms with Crippen LogP contribution in [0.3, 0.4) is 0 Å². The van der Waals surface area contributed by atoms with Crippen LogP contribution < -0.4 is 5.32 Å². The predicted molar refractivity (Wildman–Crippen MR) is 105 cm³/mol. The van der Waals surface area contributed by atoms with E-state index in [2.05, 4.69) is 10.3 Å².